The van der Waals surface area contributed by atoms with Gasteiger partial charge >= 0.3 is 0 Å². The van der Waals surface area contributed by atoms with E-state index >= 15 is 0 Å². The van der Waals surface area contributed by atoms with Crippen molar-refractivity contribution in [2.45, 2.75) is 31.8 Å². The molecule has 0 radical (unpaired) electrons. The van der Waals surface area contributed by atoms with Gasteiger partial charge < -0.3 is 9.47 Å². The molecule has 1 atom stereocenters. The minimum atomic E-state index is 0.125. The highest BCUT2D eigenvalue weighted by Gasteiger charge is 2.27. The van der Waals surface area contributed by atoms with E-state index in [1.54, 1.807) is 6.20 Å². The minimum Gasteiger partial charge on any atom is -0.343 e. The quantitative estimate of drug-likeness (QED) is 0.709. The fourth-order valence-electron chi connectivity index (χ4n) is 3.71. The van der Waals surface area contributed by atoms with Crippen molar-refractivity contribution in [3.8, 4) is 0 Å². The molecule has 26 heavy (non-hydrogen) atoms. The summed E-state index contributed by atoms with van der Waals surface area (Å²) in [6.45, 7) is 2.36. The van der Waals surface area contributed by atoms with Gasteiger partial charge in [-0.2, -0.15) is 5.10 Å². The third-order valence-corrected chi connectivity index (χ3v) is 5.12. The van der Waals surface area contributed by atoms with Gasteiger partial charge in [0.2, 0.25) is 0 Å². The standard InChI is InChI=1S/C21H24N4O/c26-21(24-14-4-9-19(17-24)25-15-6-12-22-25)20-10-5-13-23(20)16-11-18-7-2-1-3-8-18/h1-3,5-8,10,12-13,15,19H,4,9,11,14,16-17H2. The van der Waals surface area contributed by atoms with Crippen LogP contribution in [0.1, 0.15) is 34.9 Å². The lowest BCUT2D eigenvalue weighted by atomic mass is 10.1. The first-order chi connectivity index (χ1) is 12.8. The molecule has 1 unspecified atom stereocenters. The molecule has 134 valence electrons. The van der Waals surface area contributed by atoms with Gasteiger partial charge in [-0.15, -0.1) is 0 Å². The molecule has 1 aliphatic rings. The lowest BCUT2D eigenvalue weighted by Crippen LogP contribution is -2.41. The number of nitrogens with zero attached hydrogens (tertiary/aromatic N) is 4. The van der Waals surface area contributed by atoms with Crippen molar-refractivity contribution in [3.05, 3.63) is 78.4 Å². The van der Waals surface area contributed by atoms with Crippen LogP contribution in [0.3, 0.4) is 0 Å². The van der Waals surface area contributed by atoms with Crippen LogP contribution in [0.25, 0.3) is 0 Å². The van der Waals surface area contributed by atoms with Crippen LogP contribution in [0.15, 0.2) is 67.1 Å². The van der Waals surface area contributed by atoms with E-state index in [-0.39, 0.29) is 11.9 Å². The zero-order chi connectivity index (χ0) is 17.8. The summed E-state index contributed by atoms with van der Waals surface area (Å²) >= 11 is 0. The number of piperidine rings is 1. The van der Waals surface area contributed by atoms with E-state index in [1.807, 2.05) is 46.2 Å². The Morgan fingerprint density at radius 1 is 1.08 bits per heavy atom. The van der Waals surface area contributed by atoms with Gasteiger partial charge in [-0.3, -0.25) is 9.48 Å². The van der Waals surface area contributed by atoms with E-state index < -0.39 is 0 Å². The van der Waals surface area contributed by atoms with Crippen molar-refractivity contribution < 1.29 is 4.79 Å². The van der Waals surface area contributed by atoms with Crippen molar-refractivity contribution in [2.75, 3.05) is 13.1 Å². The predicted octanol–water partition coefficient (Wildman–Crippen LogP) is 3.40. The number of amides is 1. The summed E-state index contributed by atoms with van der Waals surface area (Å²) in [4.78, 5) is 15.1. The molecule has 1 fully saturated rings. The molecule has 2 aromatic heterocycles. The lowest BCUT2D eigenvalue weighted by molar-refractivity contribution is 0.0662. The fraction of sp³-hybridized carbons (Fsp3) is 0.333. The molecular weight excluding hydrogens is 324 g/mol. The van der Waals surface area contributed by atoms with Crippen molar-refractivity contribution in [3.63, 3.8) is 0 Å². The summed E-state index contributed by atoms with van der Waals surface area (Å²) in [5, 5.41) is 4.35. The molecule has 5 heteroatoms. The number of aromatic nitrogens is 3. The molecule has 5 nitrogen and oxygen atoms in total. The SMILES string of the molecule is O=C(c1cccn1CCc1ccccc1)N1CCCC(n2cccn2)C1. The van der Waals surface area contributed by atoms with Crippen LogP contribution < -0.4 is 0 Å². The maximum absolute atomic E-state index is 13.1. The zero-order valence-electron chi connectivity index (χ0n) is 14.9. The Labute approximate surface area is 153 Å². The highest BCUT2D eigenvalue weighted by Crippen LogP contribution is 2.22. The van der Waals surface area contributed by atoms with Crippen LogP contribution in [0.2, 0.25) is 0 Å². The highest BCUT2D eigenvalue weighted by molar-refractivity contribution is 5.92. The molecule has 1 aromatic carbocycles. The molecule has 0 saturated carbocycles. The van der Waals surface area contributed by atoms with Crippen molar-refractivity contribution in [2.24, 2.45) is 0 Å². The first-order valence-electron chi connectivity index (χ1n) is 9.29. The molecule has 3 aromatic rings. The second-order valence-corrected chi connectivity index (χ2v) is 6.86. The maximum atomic E-state index is 13.1. The van der Waals surface area contributed by atoms with E-state index in [0.29, 0.717) is 0 Å². The molecule has 4 rings (SSSR count). The van der Waals surface area contributed by atoms with E-state index in [0.717, 1.165) is 44.6 Å². The van der Waals surface area contributed by atoms with Crippen LogP contribution in [-0.4, -0.2) is 38.2 Å². The number of benzene rings is 1. The van der Waals surface area contributed by atoms with Crippen LogP contribution in [0, 0.1) is 0 Å². The number of hydrogen-bond donors (Lipinski definition) is 0. The molecule has 1 amide bonds. The van der Waals surface area contributed by atoms with Gasteiger partial charge in [0.05, 0.1) is 6.04 Å². The molecule has 0 spiro atoms. The minimum absolute atomic E-state index is 0.125. The van der Waals surface area contributed by atoms with Gasteiger partial charge in [-0.1, -0.05) is 30.3 Å². The van der Waals surface area contributed by atoms with Gasteiger partial charge in [-0.25, -0.2) is 0 Å². The fourth-order valence-corrected chi connectivity index (χ4v) is 3.71. The Hall–Kier alpha value is -2.82. The average molecular weight is 348 g/mol. The summed E-state index contributed by atoms with van der Waals surface area (Å²) in [5.74, 6) is 0.125. The van der Waals surface area contributed by atoms with Crippen LogP contribution in [0.4, 0.5) is 0 Å². The number of carbonyl (C=O) groups is 1. The second-order valence-electron chi connectivity index (χ2n) is 6.86. The zero-order valence-corrected chi connectivity index (χ0v) is 14.9. The lowest BCUT2D eigenvalue weighted by Gasteiger charge is -2.33. The summed E-state index contributed by atoms with van der Waals surface area (Å²) < 4.78 is 4.06. The molecule has 1 saturated heterocycles. The number of carbonyl (C=O) groups excluding carboxylic acids is 1. The van der Waals surface area contributed by atoms with Gasteiger partial charge in [0.25, 0.3) is 5.91 Å². The van der Waals surface area contributed by atoms with E-state index in [9.17, 15) is 4.79 Å². The summed E-state index contributed by atoms with van der Waals surface area (Å²) in [6, 6.07) is 16.5. The summed E-state index contributed by atoms with van der Waals surface area (Å²) in [6.07, 6.45) is 8.80. The van der Waals surface area contributed by atoms with Crippen molar-refractivity contribution in [1.82, 2.24) is 19.2 Å². The third-order valence-electron chi connectivity index (χ3n) is 5.12. The smallest absolute Gasteiger partial charge is 0.270 e. The number of aryl methyl sites for hydroxylation is 2. The van der Waals surface area contributed by atoms with Gasteiger partial charge in [0, 0.05) is 38.2 Å². The monoisotopic (exact) mass is 348 g/mol. The average Bonchev–Trinajstić information content (AvgIpc) is 3.39. The molecule has 1 aliphatic heterocycles. The number of rotatable bonds is 5. The largest absolute Gasteiger partial charge is 0.343 e. The normalized spacial score (nSPS) is 17.4. The maximum Gasteiger partial charge on any atom is 0.270 e. The second kappa shape index (κ2) is 7.60. The van der Waals surface area contributed by atoms with E-state index in [1.165, 1.54) is 5.56 Å². The van der Waals surface area contributed by atoms with Crippen LogP contribution in [0.5, 0.6) is 0 Å². The summed E-state index contributed by atoms with van der Waals surface area (Å²) in [7, 11) is 0. The first kappa shape index (κ1) is 16.6. The Morgan fingerprint density at radius 2 is 1.96 bits per heavy atom. The van der Waals surface area contributed by atoms with Crippen LogP contribution >= 0.6 is 0 Å². The topological polar surface area (TPSA) is 43.1 Å². The Balaban J connectivity index is 1.44. The predicted molar refractivity (Wildman–Crippen MR) is 101 cm³/mol. The Morgan fingerprint density at radius 3 is 2.77 bits per heavy atom. The molecule has 0 bridgehead atoms. The first-order valence-corrected chi connectivity index (χ1v) is 9.29. The van der Waals surface area contributed by atoms with E-state index in [4.69, 9.17) is 0 Å². The Kier molecular flexibility index (Phi) is 4.86. The summed E-state index contributed by atoms with van der Waals surface area (Å²) in [5.41, 5.74) is 2.07. The van der Waals surface area contributed by atoms with E-state index in [2.05, 4.69) is 33.9 Å². The highest BCUT2D eigenvalue weighted by atomic mass is 16.2. The molecule has 3 heterocycles. The van der Waals surface area contributed by atoms with Crippen LogP contribution in [-0.2, 0) is 13.0 Å². The number of likely N-dealkylation sites (tertiary alicyclic amines) is 1. The Bertz CT molecular complexity index is 838. The van der Waals surface area contributed by atoms with Gasteiger partial charge in [0.15, 0.2) is 0 Å². The van der Waals surface area contributed by atoms with Crippen molar-refractivity contribution in [1.29, 1.82) is 0 Å². The molecule has 0 aliphatic carbocycles. The van der Waals surface area contributed by atoms with Gasteiger partial charge in [-0.05, 0) is 43.0 Å². The molecular formula is C21H24N4O. The van der Waals surface area contributed by atoms with Gasteiger partial charge in [0.1, 0.15) is 5.69 Å². The van der Waals surface area contributed by atoms with Crippen molar-refractivity contribution >= 4 is 5.91 Å². The molecule has 0 N–H and O–H groups in total. The third kappa shape index (κ3) is 3.57. The number of hydrogen-bond acceptors (Lipinski definition) is 2.